The van der Waals surface area contributed by atoms with Gasteiger partial charge < -0.3 is 4.74 Å². The highest BCUT2D eigenvalue weighted by Gasteiger charge is 2.14. The fourth-order valence-corrected chi connectivity index (χ4v) is 2.22. The van der Waals surface area contributed by atoms with E-state index in [0.29, 0.717) is 17.4 Å². The van der Waals surface area contributed by atoms with Crippen LogP contribution < -0.4 is 4.74 Å². The van der Waals surface area contributed by atoms with Gasteiger partial charge in [-0.25, -0.2) is 0 Å². The summed E-state index contributed by atoms with van der Waals surface area (Å²) in [6.45, 7) is 5.69. The van der Waals surface area contributed by atoms with E-state index in [1.165, 1.54) is 0 Å². The fourth-order valence-electron chi connectivity index (χ4n) is 1.76. The Morgan fingerprint density at radius 3 is 2.50 bits per heavy atom. The van der Waals surface area contributed by atoms with Crippen LogP contribution in [-0.2, 0) is 11.2 Å². The topological polar surface area (TPSA) is 26.3 Å². The van der Waals surface area contributed by atoms with Gasteiger partial charge in [-0.15, -0.1) is 0 Å². The molecule has 2 nitrogen and oxygen atoms in total. The van der Waals surface area contributed by atoms with Gasteiger partial charge in [0.1, 0.15) is 11.5 Å². The summed E-state index contributed by atoms with van der Waals surface area (Å²) in [6, 6.07) is 3.74. The first-order valence-corrected chi connectivity index (χ1v) is 5.69. The van der Waals surface area contributed by atoms with Crippen LogP contribution in [0.1, 0.15) is 37.8 Å². The molecule has 0 saturated carbocycles. The quantitative estimate of drug-likeness (QED) is 0.804. The molecular formula is C13H17ClO2. The van der Waals surface area contributed by atoms with Crippen molar-refractivity contribution in [3.05, 3.63) is 28.3 Å². The molecule has 0 radical (unpaired) electrons. The highest BCUT2D eigenvalue weighted by molar-refractivity contribution is 6.31. The molecular weight excluding hydrogens is 224 g/mol. The second-order valence-electron chi connectivity index (χ2n) is 4.23. The average Bonchev–Trinajstić information content (AvgIpc) is 2.14. The van der Waals surface area contributed by atoms with Crippen LogP contribution in [0, 0.1) is 0 Å². The number of ketones is 1. The number of Topliss-reactive ketones (excluding diaryl/α,β-unsaturated/α-hetero) is 1. The summed E-state index contributed by atoms with van der Waals surface area (Å²) in [5, 5.41) is 0.672. The predicted molar refractivity (Wildman–Crippen MR) is 66.5 cm³/mol. The van der Waals surface area contributed by atoms with Crippen LogP contribution >= 0.6 is 11.6 Å². The monoisotopic (exact) mass is 240 g/mol. The van der Waals surface area contributed by atoms with Gasteiger partial charge in [0.15, 0.2) is 0 Å². The molecule has 88 valence electrons. The Morgan fingerprint density at radius 1 is 1.44 bits per heavy atom. The minimum absolute atomic E-state index is 0.121. The number of hydrogen-bond acceptors (Lipinski definition) is 2. The zero-order chi connectivity index (χ0) is 12.3. The number of methoxy groups -OCH3 is 1. The average molecular weight is 241 g/mol. The lowest BCUT2D eigenvalue weighted by atomic mass is 9.98. The Balaban J connectivity index is 3.20. The summed E-state index contributed by atoms with van der Waals surface area (Å²) < 4.78 is 5.31. The summed E-state index contributed by atoms with van der Waals surface area (Å²) in [5.74, 6) is 1.18. The third-order valence-corrected chi connectivity index (χ3v) is 2.71. The van der Waals surface area contributed by atoms with Crippen molar-refractivity contribution in [2.45, 2.75) is 33.1 Å². The number of hydrogen-bond donors (Lipinski definition) is 0. The van der Waals surface area contributed by atoms with Crippen molar-refractivity contribution >= 4 is 17.4 Å². The van der Waals surface area contributed by atoms with E-state index >= 15 is 0 Å². The van der Waals surface area contributed by atoms with Crippen molar-refractivity contribution in [2.24, 2.45) is 0 Å². The van der Waals surface area contributed by atoms with Gasteiger partial charge in [-0.2, -0.15) is 0 Å². The van der Waals surface area contributed by atoms with Crippen LogP contribution in [0.4, 0.5) is 0 Å². The van der Waals surface area contributed by atoms with Crippen LogP contribution in [0.2, 0.25) is 5.02 Å². The summed E-state index contributed by atoms with van der Waals surface area (Å²) in [5.41, 5.74) is 1.90. The second-order valence-corrected chi connectivity index (χ2v) is 4.63. The van der Waals surface area contributed by atoms with Gasteiger partial charge in [-0.3, -0.25) is 4.79 Å². The molecule has 1 aromatic carbocycles. The molecule has 0 aliphatic heterocycles. The van der Waals surface area contributed by atoms with E-state index in [-0.39, 0.29) is 5.78 Å². The summed E-state index contributed by atoms with van der Waals surface area (Å²) in [4.78, 5) is 11.1. The first-order valence-electron chi connectivity index (χ1n) is 5.31. The molecule has 1 rings (SSSR count). The number of ether oxygens (including phenoxy) is 1. The maximum absolute atomic E-state index is 11.1. The Kier molecular flexibility index (Phi) is 4.36. The van der Waals surface area contributed by atoms with Crippen LogP contribution in [0.5, 0.6) is 5.75 Å². The van der Waals surface area contributed by atoms with Crippen molar-refractivity contribution < 1.29 is 9.53 Å². The van der Waals surface area contributed by atoms with Crippen molar-refractivity contribution in [1.82, 2.24) is 0 Å². The van der Waals surface area contributed by atoms with Gasteiger partial charge in [0.25, 0.3) is 0 Å². The van der Waals surface area contributed by atoms with Gasteiger partial charge >= 0.3 is 0 Å². The van der Waals surface area contributed by atoms with Crippen molar-refractivity contribution in [3.8, 4) is 5.75 Å². The molecule has 0 atom stereocenters. The smallest absolute Gasteiger partial charge is 0.134 e. The number of carbonyl (C=O) groups is 1. The largest absolute Gasteiger partial charge is 0.496 e. The lowest BCUT2D eigenvalue weighted by Gasteiger charge is -2.15. The van der Waals surface area contributed by atoms with Crippen molar-refractivity contribution in [2.75, 3.05) is 7.11 Å². The molecule has 0 aromatic heterocycles. The van der Waals surface area contributed by atoms with Crippen LogP contribution in [0.25, 0.3) is 0 Å². The van der Waals surface area contributed by atoms with Crippen LogP contribution in [-0.4, -0.2) is 12.9 Å². The normalized spacial score (nSPS) is 10.6. The molecule has 3 heteroatoms. The highest BCUT2D eigenvalue weighted by Crippen LogP contribution is 2.34. The van der Waals surface area contributed by atoms with E-state index < -0.39 is 0 Å². The van der Waals surface area contributed by atoms with E-state index in [0.717, 1.165) is 16.9 Å². The van der Waals surface area contributed by atoms with Gasteiger partial charge in [0, 0.05) is 17.0 Å². The molecule has 0 bridgehead atoms. The lowest BCUT2D eigenvalue weighted by molar-refractivity contribution is -0.116. The van der Waals surface area contributed by atoms with E-state index in [2.05, 4.69) is 13.8 Å². The number of carbonyl (C=O) groups excluding carboxylic acids is 1. The molecule has 0 heterocycles. The second kappa shape index (κ2) is 5.35. The maximum Gasteiger partial charge on any atom is 0.134 e. The number of benzene rings is 1. The van der Waals surface area contributed by atoms with Crippen molar-refractivity contribution in [3.63, 3.8) is 0 Å². The van der Waals surface area contributed by atoms with E-state index in [9.17, 15) is 4.79 Å². The zero-order valence-electron chi connectivity index (χ0n) is 10.1. The molecule has 16 heavy (non-hydrogen) atoms. The maximum atomic E-state index is 11.1. The molecule has 0 fully saturated rings. The minimum atomic E-state index is 0.121. The third kappa shape index (κ3) is 2.99. The fraction of sp³-hybridized carbons (Fsp3) is 0.462. The molecule has 0 saturated heterocycles. The SMILES string of the molecule is COc1cc(CC(C)=O)cc(Cl)c1C(C)C. The number of rotatable bonds is 4. The highest BCUT2D eigenvalue weighted by atomic mass is 35.5. The summed E-state index contributed by atoms with van der Waals surface area (Å²) >= 11 is 6.20. The first-order chi connectivity index (χ1) is 7.45. The molecule has 0 aliphatic rings. The standard InChI is InChI=1S/C13H17ClO2/c1-8(2)13-11(14)6-10(5-9(3)15)7-12(13)16-4/h6-8H,5H2,1-4H3. The summed E-state index contributed by atoms with van der Waals surface area (Å²) in [6.07, 6.45) is 0.397. The molecule has 0 N–H and O–H groups in total. The summed E-state index contributed by atoms with van der Waals surface area (Å²) in [7, 11) is 1.62. The van der Waals surface area contributed by atoms with Gasteiger partial charge in [0.2, 0.25) is 0 Å². The van der Waals surface area contributed by atoms with Crippen LogP contribution in [0.15, 0.2) is 12.1 Å². The predicted octanol–water partition coefficient (Wildman–Crippen LogP) is 3.60. The van der Waals surface area contributed by atoms with Gasteiger partial charge in [-0.05, 0) is 30.5 Å². The minimum Gasteiger partial charge on any atom is -0.496 e. The Morgan fingerprint density at radius 2 is 2.06 bits per heavy atom. The Bertz CT molecular complexity index is 397. The molecule has 0 spiro atoms. The van der Waals surface area contributed by atoms with E-state index in [1.54, 1.807) is 14.0 Å². The Labute approximate surface area is 102 Å². The van der Waals surface area contributed by atoms with Gasteiger partial charge in [-0.1, -0.05) is 25.4 Å². The third-order valence-electron chi connectivity index (χ3n) is 2.40. The molecule has 1 aromatic rings. The van der Waals surface area contributed by atoms with Crippen LogP contribution in [0.3, 0.4) is 0 Å². The first kappa shape index (κ1) is 13.0. The van der Waals surface area contributed by atoms with E-state index in [4.69, 9.17) is 16.3 Å². The lowest BCUT2D eigenvalue weighted by Crippen LogP contribution is -2.01. The van der Waals surface area contributed by atoms with E-state index in [1.807, 2.05) is 12.1 Å². The zero-order valence-corrected chi connectivity index (χ0v) is 10.9. The Hall–Kier alpha value is -1.02. The molecule has 0 amide bonds. The molecule has 0 unspecified atom stereocenters. The number of halogens is 1. The van der Waals surface area contributed by atoms with Crippen molar-refractivity contribution in [1.29, 1.82) is 0 Å². The molecule has 0 aliphatic carbocycles. The van der Waals surface area contributed by atoms with Gasteiger partial charge in [0.05, 0.1) is 7.11 Å².